The summed E-state index contributed by atoms with van der Waals surface area (Å²) < 4.78 is 0.356. The number of urea groups is 1. The lowest BCUT2D eigenvalue weighted by atomic mass is 10.2. The number of hydrogen-bond acceptors (Lipinski definition) is 2. The molecular formula is C18H23N4O+. The van der Waals surface area contributed by atoms with E-state index in [4.69, 9.17) is 0 Å². The number of anilines is 1. The molecule has 2 amide bonds. The van der Waals surface area contributed by atoms with Crippen LogP contribution in [0, 0.1) is 6.92 Å². The first kappa shape index (κ1) is 16.7. The predicted octanol–water partition coefficient (Wildman–Crippen LogP) is 3.18. The van der Waals surface area contributed by atoms with Crippen LogP contribution in [0.4, 0.5) is 10.5 Å². The van der Waals surface area contributed by atoms with Crippen molar-refractivity contribution in [3.8, 4) is 0 Å². The van der Waals surface area contributed by atoms with Crippen LogP contribution in [0.5, 0.6) is 0 Å². The molecule has 0 unspecified atom stereocenters. The van der Waals surface area contributed by atoms with Crippen LogP contribution >= 0.6 is 0 Å². The van der Waals surface area contributed by atoms with Gasteiger partial charge >= 0.3 is 6.03 Å². The number of carbonyl (C=O) groups excluding carboxylic acids is 1. The van der Waals surface area contributed by atoms with Gasteiger partial charge in [0.25, 0.3) is 0 Å². The highest BCUT2D eigenvalue weighted by Gasteiger charge is 2.14. The quantitative estimate of drug-likeness (QED) is 0.389. The van der Waals surface area contributed by atoms with Crippen molar-refractivity contribution in [2.24, 2.45) is 5.10 Å². The second-order valence-electron chi connectivity index (χ2n) is 6.20. The maximum atomic E-state index is 12.3. The number of amidine groups is 1. The summed E-state index contributed by atoms with van der Waals surface area (Å²) in [6.07, 6.45) is 0. The van der Waals surface area contributed by atoms with Crippen molar-refractivity contribution in [3.63, 3.8) is 0 Å². The Kier molecular flexibility index (Phi) is 5.13. The van der Waals surface area contributed by atoms with E-state index >= 15 is 0 Å². The van der Waals surface area contributed by atoms with Gasteiger partial charge in [0, 0.05) is 11.3 Å². The molecular weight excluding hydrogens is 288 g/mol. The van der Waals surface area contributed by atoms with Gasteiger partial charge in [0.05, 0.1) is 21.1 Å². The molecule has 0 radical (unpaired) electrons. The zero-order chi connectivity index (χ0) is 16.9. The van der Waals surface area contributed by atoms with Crippen molar-refractivity contribution in [1.29, 1.82) is 0 Å². The molecule has 2 N–H and O–H groups in total. The highest BCUT2D eigenvalue weighted by Crippen LogP contribution is 2.09. The second-order valence-corrected chi connectivity index (χ2v) is 6.20. The van der Waals surface area contributed by atoms with Gasteiger partial charge in [0.2, 0.25) is 0 Å². The van der Waals surface area contributed by atoms with E-state index in [9.17, 15) is 4.79 Å². The van der Waals surface area contributed by atoms with E-state index in [1.165, 1.54) is 0 Å². The van der Waals surface area contributed by atoms with Crippen molar-refractivity contribution in [1.82, 2.24) is 5.32 Å². The van der Waals surface area contributed by atoms with Crippen LogP contribution in [0.1, 0.15) is 11.1 Å². The van der Waals surface area contributed by atoms with E-state index in [1.807, 2.05) is 82.7 Å². The van der Waals surface area contributed by atoms with Crippen molar-refractivity contribution in [2.75, 3.05) is 26.5 Å². The van der Waals surface area contributed by atoms with E-state index in [0.717, 1.165) is 16.8 Å². The number of quaternary nitrogens is 1. The van der Waals surface area contributed by atoms with Crippen LogP contribution in [-0.2, 0) is 0 Å². The molecule has 0 aliphatic carbocycles. The highest BCUT2D eigenvalue weighted by atomic mass is 16.2. The van der Waals surface area contributed by atoms with E-state index < -0.39 is 0 Å². The number of nitrogens with one attached hydrogen (secondary N) is 2. The molecule has 2 rings (SSSR count). The summed E-state index contributed by atoms with van der Waals surface area (Å²) in [5, 5.41) is 10.2. The Bertz CT molecular complexity index is 685. The van der Waals surface area contributed by atoms with Gasteiger partial charge in [0.15, 0.2) is 5.84 Å². The Balaban J connectivity index is 2.16. The minimum absolute atomic E-state index is 0.315. The minimum Gasteiger partial charge on any atom is -0.308 e. The highest BCUT2D eigenvalue weighted by molar-refractivity contribution is 6.10. The summed E-state index contributed by atoms with van der Waals surface area (Å²) in [4.78, 5) is 12.3. The molecule has 5 nitrogen and oxygen atoms in total. The van der Waals surface area contributed by atoms with Crippen molar-refractivity contribution >= 4 is 17.6 Å². The lowest BCUT2D eigenvalue weighted by Crippen LogP contribution is -2.39. The van der Waals surface area contributed by atoms with Crippen molar-refractivity contribution in [2.45, 2.75) is 6.92 Å². The Labute approximate surface area is 137 Å². The Hall–Kier alpha value is -2.66. The lowest BCUT2D eigenvalue weighted by molar-refractivity contribution is -0.877. The van der Waals surface area contributed by atoms with Crippen LogP contribution in [0.2, 0.25) is 0 Å². The van der Waals surface area contributed by atoms with Gasteiger partial charge in [-0.05, 0) is 19.1 Å². The predicted molar refractivity (Wildman–Crippen MR) is 94.3 cm³/mol. The van der Waals surface area contributed by atoms with E-state index in [0.29, 0.717) is 10.4 Å². The fourth-order valence-electron chi connectivity index (χ4n) is 1.96. The molecule has 0 bridgehead atoms. The molecule has 0 saturated heterocycles. The van der Waals surface area contributed by atoms with E-state index in [1.54, 1.807) is 0 Å². The summed E-state index contributed by atoms with van der Waals surface area (Å²) in [6.45, 7) is 2.01. The molecule has 120 valence electrons. The number of amides is 2. The van der Waals surface area contributed by atoms with Crippen LogP contribution in [0.15, 0.2) is 59.7 Å². The van der Waals surface area contributed by atoms with Gasteiger partial charge in [-0.2, -0.15) is 0 Å². The normalized spacial score (nSPS) is 11.9. The molecule has 0 spiro atoms. The third-order valence-electron chi connectivity index (χ3n) is 2.99. The lowest BCUT2D eigenvalue weighted by Gasteiger charge is -2.18. The summed E-state index contributed by atoms with van der Waals surface area (Å²) in [6, 6.07) is 16.9. The van der Waals surface area contributed by atoms with Gasteiger partial charge in [-0.1, -0.05) is 53.1 Å². The largest absolute Gasteiger partial charge is 0.325 e. The van der Waals surface area contributed by atoms with Crippen LogP contribution in [0.3, 0.4) is 0 Å². The molecule has 5 heteroatoms. The zero-order valence-corrected chi connectivity index (χ0v) is 14.0. The minimum atomic E-state index is -0.315. The van der Waals surface area contributed by atoms with Gasteiger partial charge in [-0.3, -0.25) is 5.32 Å². The fourth-order valence-corrected chi connectivity index (χ4v) is 1.96. The van der Waals surface area contributed by atoms with Crippen LogP contribution in [-0.4, -0.2) is 37.6 Å². The fraction of sp³-hybridized carbons (Fsp3) is 0.222. The van der Waals surface area contributed by atoms with Crippen LogP contribution < -0.4 is 10.6 Å². The number of hydrogen-bond donors (Lipinski definition) is 2. The molecule has 0 fully saturated rings. The number of aryl methyl sites for hydroxylation is 1. The number of nitrogens with zero attached hydrogens (tertiary/aromatic N) is 2. The smallest absolute Gasteiger partial charge is 0.308 e. The maximum absolute atomic E-state index is 12.3. The first-order chi connectivity index (χ1) is 10.8. The summed E-state index contributed by atoms with van der Waals surface area (Å²) >= 11 is 0. The zero-order valence-electron chi connectivity index (χ0n) is 14.0. The average Bonchev–Trinajstić information content (AvgIpc) is 2.48. The number of rotatable bonds is 3. The van der Waals surface area contributed by atoms with Gasteiger partial charge in [-0.15, -0.1) is 0 Å². The van der Waals surface area contributed by atoms with Gasteiger partial charge < -0.3 is 5.32 Å². The van der Waals surface area contributed by atoms with Crippen molar-refractivity contribution < 1.29 is 9.39 Å². The molecule has 23 heavy (non-hydrogen) atoms. The monoisotopic (exact) mass is 311 g/mol. The first-order valence-corrected chi connectivity index (χ1v) is 7.45. The molecule has 2 aromatic rings. The van der Waals surface area contributed by atoms with E-state index in [2.05, 4.69) is 15.7 Å². The number of benzene rings is 2. The molecule has 0 heterocycles. The van der Waals surface area contributed by atoms with Gasteiger partial charge in [0.1, 0.15) is 0 Å². The van der Waals surface area contributed by atoms with Crippen LogP contribution in [0.25, 0.3) is 0 Å². The molecule has 0 aromatic heterocycles. The SMILES string of the molecule is Cc1ccc(NC(=O)N/C(=N\[N+](C)(C)C)c2ccccc2)cc1. The number of carbonyl (C=O) groups is 1. The summed E-state index contributed by atoms with van der Waals surface area (Å²) in [5.74, 6) is 0.530. The first-order valence-electron chi connectivity index (χ1n) is 7.45. The summed E-state index contributed by atoms with van der Waals surface area (Å²) in [5.41, 5.74) is 2.75. The summed E-state index contributed by atoms with van der Waals surface area (Å²) in [7, 11) is 5.80. The second kappa shape index (κ2) is 7.07. The van der Waals surface area contributed by atoms with Gasteiger partial charge in [-0.25, -0.2) is 9.39 Å². The standard InChI is InChI=1S/C18H22N4O/c1-14-10-12-16(13-11-14)19-18(23)20-17(21-22(2,3)4)15-8-6-5-7-9-15/h5-13H,1-4H3,(H-,19,20,21,23)/p+1. The molecule has 0 aliphatic rings. The topological polar surface area (TPSA) is 53.5 Å². The maximum Gasteiger partial charge on any atom is 0.325 e. The third-order valence-corrected chi connectivity index (χ3v) is 2.99. The molecule has 0 atom stereocenters. The average molecular weight is 311 g/mol. The molecule has 0 aliphatic heterocycles. The molecule has 0 saturated carbocycles. The van der Waals surface area contributed by atoms with E-state index in [-0.39, 0.29) is 6.03 Å². The van der Waals surface area contributed by atoms with Crippen molar-refractivity contribution in [3.05, 3.63) is 65.7 Å². The molecule has 2 aromatic carbocycles. The Morgan fingerprint density at radius 1 is 0.957 bits per heavy atom. The Morgan fingerprint density at radius 3 is 2.13 bits per heavy atom. The third kappa shape index (κ3) is 5.56. The Morgan fingerprint density at radius 2 is 1.57 bits per heavy atom.